The molecule has 2 atom stereocenters. The van der Waals surface area contributed by atoms with Gasteiger partial charge in [0.25, 0.3) is 0 Å². The van der Waals surface area contributed by atoms with Gasteiger partial charge < -0.3 is 9.84 Å². The number of likely N-dealkylation sites (tertiary alicyclic amines) is 1. The molecule has 2 aromatic rings. The van der Waals surface area contributed by atoms with Crippen molar-refractivity contribution < 1.29 is 9.84 Å². The number of fused-ring (bicyclic) bond motifs is 1. The molecular weight excluding hydrogens is 332 g/mol. The number of aliphatic hydroxyl groups excluding tert-OH is 1. The van der Waals surface area contributed by atoms with Crippen molar-refractivity contribution in [3.05, 3.63) is 34.2 Å². The van der Waals surface area contributed by atoms with Crippen molar-refractivity contribution in [2.45, 2.75) is 18.7 Å². The lowest BCUT2D eigenvalue weighted by Gasteiger charge is -2.33. The number of nitrogens with zero attached hydrogens (tertiary/aromatic N) is 2. The van der Waals surface area contributed by atoms with E-state index in [9.17, 15) is 5.11 Å². The van der Waals surface area contributed by atoms with E-state index in [4.69, 9.17) is 16.3 Å². The molecule has 2 saturated heterocycles. The summed E-state index contributed by atoms with van der Waals surface area (Å²) in [6.45, 7) is 5.80. The van der Waals surface area contributed by atoms with Gasteiger partial charge in [0.2, 0.25) is 0 Å². The molecule has 1 aromatic heterocycles. The summed E-state index contributed by atoms with van der Waals surface area (Å²) < 4.78 is 6.65. The standard InChI is InChI=1S/C17H21ClN2O2S/c18-17-12-3-1-2-4-15(12)23-16(17)11-19-9-13(14(21)10-19)20-5-7-22-8-6-20/h1-4,13-14,21H,5-11H2/t13-,14-/m0/s1. The number of aliphatic hydroxyl groups is 1. The molecule has 2 fully saturated rings. The lowest BCUT2D eigenvalue weighted by Crippen LogP contribution is -2.48. The third-order valence-corrected chi connectivity index (χ3v) is 6.52. The van der Waals surface area contributed by atoms with Crippen LogP contribution in [0.1, 0.15) is 4.88 Å². The van der Waals surface area contributed by atoms with Crippen LogP contribution in [0.15, 0.2) is 24.3 Å². The first-order valence-corrected chi connectivity index (χ1v) is 9.30. The molecule has 0 aliphatic carbocycles. The summed E-state index contributed by atoms with van der Waals surface area (Å²) in [5.41, 5.74) is 0. The zero-order chi connectivity index (χ0) is 15.8. The third kappa shape index (κ3) is 3.14. The Morgan fingerprint density at radius 1 is 1.22 bits per heavy atom. The molecule has 0 bridgehead atoms. The van der Waals surface area contributed by atoms with E-state index in [2.05, 4.69) is 21.9 Å². The Hall–Kier alpha value is -0.690. The molecule has 4 rings (SSSR count). The van der Waals surface area contributed by atoms with E-state index < -0.39 is 0 Å². The summed E-state index contributed by atoms with van der Waals surface area (Å²) in [6, 6.07) is 8.48. The average molecular weight is 353 g/mol. The maximum absolute atomic E-state index is 10.4. The number of hydrogen-bond acceptors (Lipinski definition) is 5. The van der Waals surface area contributed by atoms with Gasteiger partial charge in [0.1, 0.15) is 0 Å². The minimum absolute atomic E-state index is 0.215. The predicted molar refractivity (Wildman–Crippen MR) is 94.3 cm³/mol. The Balaban J connectivity index is 1.47. The summed E-state index contributed by atoms with van der Waals surface area (Å²) in [5, 5.41) is 12.5. The molecule has 3 heterocycles. The van der Waals surface area contributed by atoms with Gasteiger partial charge in [-0.05, 0) is 6.07 Å². The topological polar surface area (TPSA) is 35.9 Å². The summed E-state index contributed by atoms with van der Waals surface area (Å²) in [4.78, 5) is 5.88. The maximum atomic E-state index is 10.4. The van der Waals surface area contributed by atoms with Crippen LogP contribution in [0.4, 0.5) is 0 Å². The van der Waals surface area contributed by atoms with Crippen molar-refractivity contribution in [3.8, 4) is 0 Å². The highest BCUT2D eigenvalue weighted by molar-refractivity contribution is 7.19. The molecule has 6 heteroatoms. The lowest BCUT2D eigenvalue weighted by atomic mass is 10.2. The predicted octanol–water partition coefficient (Wildman–Crippen LogP) is 2.43. The number of benzene rings is 1. The van der Waals surface area contributed by atoms with E-state index in [1.807, 2.05) is 12.1 Å². The summed E-state index contributed by atoms with van der Waals surface area (Å²) in [7, 11) is 0. The minimum atomic E-state index is -0.291. The van der Waals surface area contributed by atoms with Crippen LogP contribution in [0, 0.1) is 0 Å². The van der Waals surface area contributed by atoms with E-state index in [-0.39, 0.29) is 12.1 Å². The molecule has 0 radical (unpaired) electrons. The molecule has 1 aromatic carbocycles. The van der Waals surface area contributed by atoms with E-state index in [1.165, 1.54) is 9.58 Å². The van der Waals surface area contributed by atoms with Crippen molar-refractivity contribution in [2.24, 2.45) is 0 Å². The van der Waals surface area contributed by atoms with E-state index in [1.54, 1.807) is 11.3 Å². The highest BCUT2D eigenvalue weighted by Gasteiger charge is 2.36. The average Bonchev–Trinajstić information content (AvgIpc) is 3.10. The number of rotatable bonds is 3. The van der Waals surface area contributed by atoms with Crippen LogP contribution in [0.3, 0.4) is 0 Å². The first-order chi connectivity index (χ1) is 11.2. The van der Waals surface area contributed by atoms with Gasteiger partial charge in [0.05, 0.1) is 24.3 Å². The van der Waals surface area contributed by atoms with Gasteiger partial charge in [-0.25, -0.2) is 0 Å². The maximum Gasteiger partial charge on any atom is 0.0834 e. The number of hydrogen-bond donors (Lipinski definition) is 1. The number of β-amino-alcohol motifs (C(OH)–C–C–N with tert-alkyl or cyclic N) is 1. The Kier molecular flexibility index (Phi) is 4.58. The molecule has 0 spiro atoms. The van der Waals surface area contributed by atoms with Crippen molar-refractivity contribution in [3.63, 3.8) is 0 Å². The van der Waals surface area contributed by atoms with Gasteiger partial charge >= 0.3 is 0 Å². The van der Waals surface area contributed by atoms with Crippen LogP contribution in [-0.4, -0.2) is 66.4 Å². The number of morpholine rings is 1. The molecule has 124 valence electrons. The van der Waals surface area contributed by atoms with Gasteiger partial charge in [-0.2, -0.15) is 0 Å². The Labute approximate surface area is 145 Å². The smallest absolute Gasteiger partial charge is 0.0834 e. The summed E-state index contributed by atoms with van der Waals surface area (Å²) in [6.07, 6.45) is -0.291. The van der Waals surface area contributed by atoms with Gasteiger partial charge in [-0.3, -0.25) is 9.80 Å². The second-order valence-electron chi connectivity index (χ2n) is 6.31. The molecule has 23 heavy (non-hydrogen) atoms. The molecule has 0 amide bonds. The number of ether oxygens (including phenoxy) is 1. The van der Waals surface area contributed by atoms with Crippen LogP contribution in [0.5, 0.6) is 0 Å². The van der Waals surface area contributed by atoms with E-state index in [0.717, 1.165) is 49.8 Å². The van der Waals surface area contributed by atoms with Crippen molar-refractivity contribution in [1.82, 2.24) is 9.80 Å². The van der Waals surface area contributed by atoms with Gasteiger partial charge in [-0.15, -0.1) is 11.3 Å². The zero-order valence-corrected chi connectivity index (χ0v) is 14.5. The van der Waals surface area contributed by atoms with Crippen LogP contribution >= 0.6 is 22.9 Å². The molecule has 2 aliphatic rings. The minimum Gasteiger partial charge on any atom is -0.390 e. The van der Waals surface area contributed by atoms with Crippen molar-refractivity contribution >= 4 is 33.0 Å². The normalized spacial score (nSPS) is 27.0. The van der Waals surface area contributed by atoms with E-state index >= 15 is 0 Å². The first kappa shape index (κ1) is 15.8. The highest BCUT2D eigenvalue weighted by Crippen LogP contribution is 2.36. The monoisotopic (exact) mass is 352 g/mol. The Morgan fingerprint density at radius 3 is 2.78 bits per heavy atom. The molecular formula is C17H21ClN2O2S. The Bertz CT molecular complexity index is 686. The van der Waals surface area contributed by atoms with E-state index in [0.29, 0.717) is 6.54 Å². The van der Waals surface area contributed by atoms with Gasteiger partial charge in [-0.1, -0.05) is 29.8 Å². The van der Waals surface area contributed by atoms with Gasteiger partial charge in [0, 0.05) is 53.7 Å². The fourth-order valence-electron chi connectivity index (χ4n) is 3.61. The largest absolute Gasteiger partial charge is 0.390 e. The SMILES string of the molecule is O[C@H]1CN(Cc2sc3ccccc3c2Cl)C[C@@H]1N1CCOCC1. The second-order valence-corrected chi connectivity index (χ2v) is 7.83. The highest BCUT2D eigenvalue weighted by atomic mass is 35.5. The fraction of sp³-hybridized carbons (Fsp3) is 0.529. The third-order valence-electron chi connectivity index (χ3n) is 4.82. The van der Waals surface area contributed by atoms with Crippen molar-refractivity contribution in [2.75, 3.05) is 39.4 Å². The van der Waals surface area contributed by atoms with Crippen LogP contribution in [0.2, 0.25) is 5.02 Å². The van der Waals surface area contributed by atoms with Gasteiger partial charge in [0.15, 0.2) is 0 Å². The number of thiophene rings is 1. The molecule has 1 N–H and O–H groups in total. The first-order valence-electron chi connectivity index (χ1n) is 8.10. The second kappa shape index (κ2) is 6.67. The Morgan fingerprint density at radius 2 is 2.00 bits per heavy atom. The quantitative estimate of drug-likeness (QED) is 0.920. The molecule has 0 saturated carbocycles. The van der Waals surface area contributed by atoms with Crippen LogP contribution in [-0.2, 0) is 11.3 Å². The molecule has 0 unspecified atom stereocenters. The fourth-order valence-corrected chi connectivity index (χ4v) is 5.15. The lowest BCUT2D eigenvalue weighted by molar-refractivity contribution is -0.00617. The summed E-state index contributed by atoms with van der Waals surface area (Å²) >= 11 is 8.31. The van der Waals surface area contributed by atoms with Crippen LogP contribution < -0.4 is 0 Å². The van der Waals surface area contributed by atoms with Crippen molar-refractivity contribution in [1.29, 1.82) is 0 Å². The van der Waals surface area contributed by atoms with Crippen LogP contribution in [0.25, 0.3) is 10.1 Å². The molecule has 4 nitrogen and oxygen atoms in total. The number of halogens is 1. The molecule has 2 aliphatic heterocycles. The summed E-state index contributed by atoms with van der Waals surface area (Å²) in [5.74, 6) is 0. The zero-order valence-electron chi connectivity index (χ0n) is 12.9.